The van der Waals surface area contributed by atoms with E-state index in [0.717, 1.165) is 19.3 Å². The van der Waals surface area contributed by atoms with Crippen molar-refractivity contribution in [3.05, 3.63) is 0 Å². The number of carbonyl (C=O) groups is 2. The minimum atomic E-state index is -0.710. The van der Waals surface area contributed by atoms with E-state index in [4.69, 9.17) is 9.47 Å². The predicted molar refractivity (Wildman–Crippen MR) is 139 cm³/mol. The van der Waals surface area contributed by atoms with Gasteiger partial charge >= 0.3 is 0 Å². The lowest BCUT2D eigenvalue weighted by Gasteiger charge is -2.55. The van der Waals surface area contributed by atoms with Crippen LogP contribution in [0, 0.1) is 22.2 Å². The van der Waals surface area contributed by atoms with Gasteiger partial charge in [-0.3, -0.25) is 9.59 Å². The average molecular weight is 507 g/mol. The number of fused-ring (bicyclic) bond motifs is 4. The van der Waals surface area contributed by atoms with E-state index < -0.39 is 34.2 Å². The monoisotopic (exact) mass is 506 g/mol. The molecule has 0 radical (unpaired) electrons. The maximum atomic E-state index is 14.1. The molecule has 0 aromatic carbocycles. The van der Waals surface area contributed by atoms with Crippen molar-refractivity contribution in [1.29, 1.82) is 0 Å². The second-order valence-corrected chi connectivity index (χ2v) is 14.4. The zero-order valence-electron chi connectivity index (χ0n) is 23.7. The average Bonchev–Trinajstić information content (AvgIpc) is 2.93. The smallest absolute Gasteiger partial charge is 0.139 e. The first-order chi connectivity index (χ1) is 16.5. The topological polar surface area (TPSA) is 93.1 Å². The molecule has 0 unspecified atom stereocenters. The normalized spacial score (nSPS) is 47.9. The Hall–Kier alpha value is -0.820. The van der Waals surface area contributed by atoms with Gasteiger partial charge in [0.05, 0.1) is 35.6 Å². The Kier molecular flexibility index (Phi) is 7.38. The summed E-state index contributed by atoms with van der Waals surface area (Å²) in [6.07, 6.45) is 5.36. The zero-order valence-corrected chi connectivity index (χ0v) is 23.7. The van der Waals surface area contributed by atoms with E-state index in [1.807, 2.05) is 27.7 Å². The second-order valence-electron chi connectivity index (χ2n) is 14.4. The van der Waals surface area contributed by atoms with Crippen LogP contribution in [0.5, 0.6) is 0 Å². The van der Waals surface area contributed by atoms with Gasteiger partial charge < -0.3 is 19.7 Å². The van der Waals surface area contributed by atoms with Gasteiger partial charge in [0.1, 0.15) is 11.6 Å². The molecule has 4 aliphatic rings. The third-order valence-electron chi connectivity index (χ3n) is 11.0. The summed E-state index contributed by atoms with van der Waals surface area (Å²) in [6.45, 7) is 14.2. The lowest BCUT2D eigenvalue weighted by Crippen LogP contribution is -2.55. The molecule has 4 rings (SSSR count). The minimum absolute atomic E-state index is 0.0243. The first kappa shape index (κ1) is 28.2. The molecule has 8 atom stereocenters. The quantitative estimate of drug-likeness (QED) is 0.472. The van der Waals surface area contributed by atoms with Crippen LogP contribution in [-0.4, -0.2) is 57.4 Å². The van der Waals surface area contributed by atoms with Crippen LogP contribution in [0.15, 0.2) is 0 Å². The number of ketones is 2. The van der Waals surface area contributed by atoms with Crippen LogP contribution in [0.1, 0.15) is 119 Å². The Labute approximate surface area is 217 Å². The van der Waals surface area contributed by atoms with Crippen molar-refractivity contribution in [3.8, 4) is 0 Å². The molecule has 4 fully saturated rings. The molecular weight excluding hydrogens is 456 g/mol. The second kappa shape index (κ2) is 9.43. The van der Waals surface area contributed by atoms with E-state index >= 15 is 0 Å². The first-order valence-electron chi connectivity index (χ1n) is 14.3. The number of carbonyl (C=O) groups excluding carboxylic acids is 2. The zero-order chi connectivity index (χ0) is 26.7. The third-order valence-corrected chi connectivity index (χ3v) is 11.0. The minimum Gasteiger partial charge on any atom is -0.390 e. The Morgan fingerprint density at radius 3 is 1.92 bits per heavy atom. The van der Waals surface area contributed by atoms with Crippen LogP contribution in [0.2, 0.25) is 0 Å². The number of hydrogen-bond acceptors (Lipinski definition) is 6. The maximum absolute atomic E-state index is 14.1. The van der Waals surface area contributed by atoms with Crippen molar-refractivity contribution in [2.45, 2.75) is 155 Å². The molecule has 2 N–H and O–H groups in total. The molecule has 206 valence electrons. The first-order valence-corrected chi connectivity index (χ1v) is 14.3. The summed E-state index contributed by atoms with van der Waals surface area (Å²) in [6, 6.07) is 0. The van der Waals surface area contributed by atoms with E-state index in [2.05, 4.69) is 20.8 Å². The van der Waals surface area contributed by atoms with E-state index in [1.54, 1.807) is 0 Å². The van der Waals surface area contributed by atoms with Crippen molar-refractivity contribution < 1.29 is 29.3 Å². The Morgan fingerprint density at radius 2 is 1.28 bits per heavy atom. The standard InChI is InChI=1S/C30H50O6/c1-26(2)21(32)12-15-28(5)18-19(31)8-9-20-29(6,23(34)10-11-24(28)35-26)17-14-25-30(20,7)16-13-22(33)27(3,4)36-25/h20-22,24-25,32-33H,8-18H2,1-7H3/t20-,21-,22+,24+,25+,28+,29+,30+/m1/s1. The van der Waals surface area contributed by atoms with E-state index in [1.165, 1.54) is 0 Å². The fourth-order valence-corrected chi connectivity index (χ4v) is 8.20. The van der Waals surface area contributed by atoms with Crippen molar-refractivity contribution >= 4 is 11.6 Å². The van der Waals surface area contributed by atoms with E-state index in [-0.39, 0.29) is 35.1 Å². The fourth-order valence-electron chi connectivity index (χ4n) is 8.20. The van der Waals surface area contributed by atoms with Gasteiger partial charge in [0.25, 0.3) is 0 Å². The number of aliphatic hydroxyl groups excluding tert-OH is 2. The molecule has 0 aromatic rings. The molecule has 2 heterocycles. The SMILES string of the molecule is CC1(C)O[C@H]2CCC(=O)[C@@]3(C)CC[C@@H]4OC(C)(C)[C@@H](O)CC[C@@]4(C)[C@@H]3CCC(=O)C[C@]2(C)CC[C@H]1O. The Balaban J connectivity index is 1.68. The number of rotatable bonds is 0. The van der Waals surface area contributed by atoms with Gasteiger partial charge in [0.2, 0.25) is 0 Å². The molecule has 0 amide bonds. The summed E-state index contributed by atoms with van der Waals surface area (Å²) in [5.41, 5.74) is -2.54. The van der Waals surface area contributed by atoms with Gasteiger partial charge in [-0.25, -0.2) is 0 Å². The summed E-state index contributed by atoms with van der Waals surface area (Å²) < 4.78 is 13.1. The summed E-state index contributed by atoms with van der Waals surface area (Å²) in [4.78, 5) is 27.6. The molecule has 0 spiro atoms. The molecule has 2 saturated heterocycles. The number of aliphatic hydroxyl groups is 2. The summed E-state index contributed by atoms with van der Waals surface area (Å²) in [5.74, 6) is 0.507. The number of hydrogen-bond donors (Lipinski definition) is 2. The van der Waals surface area contributed by atoms with E-state index in [9.17, 15) is 19.8 Å². The molecule has 2 aliphatic carbocycles. The molecule has 6 heteroatoms. The van der Waals surface area contributed by atoms with Crippen molar-refractivity contribution in [3.63, 3.8) is 0 Å². The van der Waals surface area contributed by atoms with Gasteiger partial charge in [-0.05, 0) is 90.4 Å². The van der Waals surface area contributed by atoms with Crippen LogP contribution in [-0.2, 0) is 19.1 Å². The van der Waals surface area contributed by atoms with Crippen LogP contribution >= 0.6 is 0 Å². The van der Waals surface area contributed by atoms with Crippen molar-refractivity contribution in [2.24, 2.45) is 22.2 Å². The predicted octanol–water partition coefficient (Wildman–Crippen LogP) is 5.15. The highest BCUT2D eigenvalue weighted by Crippen LogP contribution is 2.59. The number of Topliss-reactive ketones (excluding diaryl/α,β-unsaturated/α-hetero) is 2. The van der Waals surface area contributed by atoms with Gasteiger partial charge in [0.15, 0.2) is 0 Å². The summed E-state index contributed by atoms with van der Waals surface area (Å²) in [5, 5.41) is 21.5. The lowest BCUT2D eigenvalue weighted by atomic mass is 9.50. The molecule has 0 bridgehead atoms. The van der Waals surface area contributed by atoms with Crippen LogP contribution < -0.4 is 0 Å². The Morgan fingerprint density at radius 1 is 0.694 bits per heavy atom. The largest absolute Gasteiger partial charge is 0.390 e. The highest BCUT2D eigenvalue weighted by molar-refractivity contribution is 5.85. The Bertz CT molecular complexity index is 866. The van der Waals surface area contributed by atoms with Crippen LogP contribution in [0.4, 0.5) is 0 Å². The summed E-state index contributed by atoms with van der Waals surface area (Å²) in [7, 11) is 0. The highest BCUT2D eigenvalue weighted by atomic mass is 16.5. The van der Waals surface area contributed by atoms with Gasteiger partial charge in [-0.2, -0.15) is 0 Å². The fraction of sp³-hybridized carbons (Fsp3) is 0.933. The summed E-state index contributed by atoms with van der Waals surface area (Å²) >= 11 is 0. The third kappa shape index (κ3) is 4.85. The van der Waals surface area contributed by atoms with Gasteiger partial charge in [-0.15, -0.1) is 0 Å². The molecule has 6 nitrogen and oxygen atoms in total. The number of ether oxygens (including phenoxy) is 2. The highest BCUT2D eigenvalue weighted by Gasteiger charge is 2.59. The van der Waals surface area contributed by atoms with Crippen LogP contribution in [0.25, 0.3) is 0 Å². The maximum Gasteiger partial charge on any atom is 0.139 e. The van der Waals surface area contributed by atoms with Gasteiger partial charge in [-0.1, -0.05) is 20.8 Å². The van der Waals surface area contributed by atoms with Crippen molar-refractivity contribution in [1.82, 2.24) is 0 Å². The van der Waals surface area contributed by atoms with Gasteiger partial charge in [0, 0.05) is 30.1 Å². The molecule has 0 aromatic heterocycles. The molecule has 36 heavy (non-hydrogen) atoms. The van der Waals surface area contributed by atoms with Crippen molar-refractivity contribution in [2.75, 3.05) is 0 Å². The van der Waals surface area contributed by atoms with E-state index in [0.29, 0.717) is 51.4 Å². The molecule has 2 saturated carbocycles. The molecular formula is C30H50O6. The molecule has 2 aliphatic heterocycles. The van der Waals surface area contributed by atoms with Crippen LogP contribution in [0.3, 0.4) is 0 Å². The lowest BCUT2D eigenvalue weighted by molar-refractivity contribution is -0.192.